The molecule has 0 bridgehead atoms. The smallest absolute Gasteiger partial charge is 0.287 e. The normalized spacial score (nSPS) is 10.3. The quantitative estimate of drug-likeness (QED) is 0.799. The number of hydrogen-bond donors (Lipinski definition) is 0. The molecule has 0 aliphatic carbocycles. The fourth-order valence-electron chi connectivity index (χ4n) is 1.01. The van der Waals surface area contributed by atoms with Gasteiger partial charge in [-0.25, -0.2) is 4.68 Å². The molecule has 88 valence electrons. The Morgan fingerprint density at radius 2 is 1.94 bits per heavy atom. The summed E-state index contributed by atoms with van der Waals surface area (Å²) in [5.41, 5.74) is -0.148. The molecule has 0 aliphatic heterocycles. The lowest BCUT2D eigenvalue weighted by Gasteiger charge is -2.12. The molecule has 1 amide bonds. The lowest BCUT2D eigenvalue weighted by Crippen LogP contribution is -2.33. The number of nitrogens with zero attached hydrogens (tertiary/aromatic N) is 3. The number of rotatable bonds is 2. The maximum Gasteiger partial charge on any atom is 0.287 e. The van der Waals surface area contributed by atoms with Crippen LogP contribution < -0.4 is 5.56 Å². The Balaban J connectivity index is 3.17. The molecule has 1 aromatic rings. The van der Waals surface area contributed by atoms with Gasteiger partial charge in [-0.2, -0.15) is 5.10 Å². The van der Waals surface area contributed by atoms with Crippen molar-refractivity contribution in [2.75, 3.05) is 14.1 Å². The van der Waals surface area contributed by atoms with Gasteiger partial charge in [-0.1, -0.05) is 23.2 Å². The van der Waals surface area contributed by atoms with Crippen LogP contribution in [0, 0.1) is 6.92 Å². The number of aromatic nitrogens is 2. The molecule has 0 saturated carbocycles. The Kier molecular flexibility index (Phi) is 3.93. The first-order valence-electron chi connectivity index (χ1n) is 4.47. The molecule has 0 spiro atoms. The lowest BCUT2D eigenvalue weighted by molar-refractivity contribution is -0.129. The highest BCUT2D eigenvalue weighted by Crippen LogP contribution is 2.19. The number of likely N-dealkylation sites (N-methyl/N-ethyl adjacent to an activating group) is 1. The van der Waals surface area contributed by atoms with Gasteiger partial charge in [0, 0.05) is 14.1 Å². The van der Waals surface area contributed by atoms with Gasteiger partial charge in [-0.05, 0) is 6.92 Å². The van der Waals surface area contributed by atoms with Crippen LogP contribution in [-0.2, 0) is 11.3 Å². The van der Waals surface area contributed by atoms with Crippen LogP contribution >= 0.6 is 23.2 Å². The zero-order valence-corrected chi connectivity index (χ0v) is 10.6. The van der Waals surface area contributed by atoms with E-state index in [4.69, 9.17) is 23.2 Å². The van der Waals surface area contributed by atoms with Crippen LogP contribution in [0.1, 0.15) is 5.69 Å². The first-order chi connectivity index (χ1) is 7.34. The van der Waals surface area contributed by atoms with Gasteiger partial charge >= 0.3 is 0 Å². The second-order valence-corrected chi connectivity index (χ2v) is 4.22. The fourth-order valence-corrected chi connectivity index (χ4v) is 1.37. The maximum atomic E-state index is 11.6. The second kappa shape index (κ2) is 4.84. The molecule has 5 nitrogen and oxygen atoms in total. The third-order valence-corrected chi connectivity index (χ3v) is 2.90. The molecule has 16 heavy (non-hydrogen) atoms. The van der Waals surface area contributed by atoms with Gasteiger partial charge in [-0.15, -0.1) is 0 Å². The van der Waals surface area contributed by atoms with Crippen molar-refractivity contribution in [2.45, 2.75) is 13.5 Å². The van der Waals surface area contributed by atoms with E-state index in [1.165, 1.54) is 4.90 Å². The predicted octanol–water partition coefficient (Wildman–Crippen LogP) is 0.947. The van der Waals surface area contributed by atoms with Crippen molar-refractivity contribution < 1.29 is 4.79 Å². The minimum atomic E-state index is -0.563. The largest absolute Gasteiger partial charge is 0.347 e. The molecule has 1 aromatic heterocycles. The zero-order valence-electron chi connectivity index (χ0n) is 9.12. The summed E-state index contributed by atoms with van der Waals surface area (Å²) < 4.78 is 1.01. The molecule has 1 heterocycles. The van der Waals surface area contributed by atoms with Gasteiger partial charge in [0.1, 0.15) is 11.6 Å². The Labute approximate surface area is 103 Å². The molecule has 0 atom stereocenters. The number of carbonyl (C=O) groups is 1. The van der Waals surface area contributed by atoms with E-state index in [-0.39, 0.29) is 22.5 Å². The van der Waals surface area contributed by atoms with Gasteiger partial charge in [-0.3, -0.25) is 9.59 Å². The van der Waals surface area contributed by atoms with Gasteiger partial charge in [0.15, 0.2) is 0 Å². The lowest BCUT2D eigenvalue weighted by atomic mass is 10.4. The van der Waals surface area contributed by atoms with Crippen molar-refractivity contribution in [1.82, 2.24) is 14.7 Å². The Morgan fingerprint density at radius 1 is 1.38 bits per heavy atom. The number of hydrogen-bond acceptors (Lipinski definition) is 3. The van der Waals surface area contributed by atoms with Crippen LogP contribution in [0.3, 0.4) is 0 Å². The average Bonchev–Trinajstić information content (AvgIpc) is 2.22. The summed E-state index contributed by atoms with van der Waals surface area (Å²) in [6.45, 7) is 1.47. The average molecular weight is 264 g/mol. The number of aryl methyl sites for hydroxylation is 1. The van der Waals surface area contributed by atoms with E-state index in [1.807, 2.05) is 0 Å². The van der Waals surface area contributed by atoms with Crippen molar-refractivity contribution in [3.8, 4) is 0 Å². The highest BCUT2D eigenvalue weighted by atomic mass is 35.5. The van der Waals surface area contributed by atoms with E-state index in [0.29, 0.717) is 5.69 Å². The van der Waals surface area contributed by atoms with Gasteiger partial charge < -0.3 is 4.90 Å². The monoisotopic (exact) mass is 263 g/mol. The molecule has 7 heteroatoms. The summed E-state index contributed by atoms with van der Waals surface area (Å²) >= 11 is 11.5. The summed E-state index contributed by atoms with van der Waals surface area (Å²) in [6, 6.07) is 0. The van der Waals surface area contributed by atoms with Crippen molar-refractivity contribution in [2.24, 2.45) is 0 Å². The van der Waals surface area contributed by atoms with Crippen molar-refractivity contribution in [3.05, 3.63) is 26.1 Å². The topological polar surface area (TPSA) is 55.2 Å². The zero-order chi connectivity index (χ0) is 12.5. The number of carbonyl (C=O) groups excluding carboxylic acids is 1. The molecule has 0 aliphatic rings. The molecular formula is C9H11Cl2N3O2. The molecule has 0 fully saturated rings. The van der Waals surface area contributed by atoms with Gasteiger partial charge in [0.25, 0.3) is 5.56 Å². The summed E-state index contributed by atoms with van der Waals surface area (Å²) in [5.74, 6) is -0.243. The minimum absolute atomic E-state index is 0.110. The highest BCUT2D eigenvalue weighted by molar-refractivity contribution is 6.42. The molecule has 0 aromatic carbocycles. The van der Waals surface area contributed by atoms with Crippen LogP contribution in [0.25, 0.3) is 0 Å². The molecule has 0 radical (unpaired) electrons. The molecule has 0 saturated heterocycles. The predicted molar refractivity (Wildman–Crippen MR) is 61.9 cm³/mol. The van der Waals surface area contributed by atoms with Crippen molar-refractivity contribution in [3.63, 3.8) is 0 Å². The van der Waals surface area contributed by atoms with E-state index in [0.717, 1.165) is 4.68 Å². The van der Waals surface area contributed by atoms with Crippen molar-refractivity contribution in [1.29, 1.82) is 0 Å². The van der Waals surface area contributed by atoms with E-state index >= 15 is 0 Å². The number of amides is 1. The SMILES string of the molecule is Cc1nn(CC(=O)N(C)C)c(=O)c(Cl)c1Cl. The van der Waals surface area contributed by atoms with Crippen LogP contribution in [0.2, 0.25) is 10.0 Å². The third kappa shape index (κ3) is 2.54. The Hall–Kier alpha value is -1.07. The summed E-state index contributed by atoms with van der Waals surface area (Å²) in [5, 5.41) is 3.91. The van der Waals surface area contributed by atoms with Crippen molar-refractivity contribution >= 4 is 29.1 Å². The molecule has 0 unspecified atom stereocenters. The van der Waals surface area contributed by atoms with E-state index in [2.05, 4.69) is 5.10 Å². The first-order valence-corrected chi connectivity index (χ1v) is 5.23. The highest BCUT2D eigenvalue weighted by Gasteiger charge is 2.14. The molecular weight excluding hydrogens is 253 g/mol. The standard InChI is InChI=1S/C9H11Cl2N3O2/c1-5-7(10)8(11)9(16)14(12-5)4-6(15)13(2)3/h4H2,1-3H3. The Bertz CT molecular complexity index is 482. The summed E-state index contributed by atoms with van der Waals surface area (Å²) in [4.78, 5) is 24.4. The van der Waals surface area contributed by atoms with E-state index in [1.54, 1.807) is 21.0 Å². The fraction of sp³-hybridized carbons (Fsp3) is 0.444. The van der Waals surface area contributed by atoms with Gasteiger partial charge in [0.2, 0.25) is 5.91 Å². The van der Waals surface area contributed by atoms with Crippen LogP contribution in [-0.4, -0.2) is 34.7 Å². The minimum Gasteiger partial charge on any atom is -0.347 e. The number of halogens is 2. The maximum absolute atomic E-state index is 11.6. The summed E-state index contributed by atoms with van der Waals surface area (Å²) in [6.07, 6.45) is 0. The van der Waals surface area contributed by atoms with Crippen LogP contribution in [0.5, 0.6) is 0 Å². The Morgan fingerprint density at radius 3 is 2.44 bits per heavy atom. The van der Waals surface area contributed by atoms with Crippen LogP contribution in [0.15, 0.2) is 4.79 Å². The molecule has 0 N–H and O–H groups in total. The molecule has 1 rings (SSSR count). The second-order valence-electron chi connectivity index (χ2n) is 3.46. The van der Waals surface area contributed by atoms with Crippen LogP contribution in [0.4, 0.5) is 0 Å². The van der Waals surface area contributed by atoms with Gasteiger partial charge in [0.05, 0.1) is 10.7 Å². The third-order valence-electron chi connectivity index (χ3n) is 1.99. The summed E-state index contributed by atoms with van der Waals surface area (Å²) in [7, 11) is 3.19. The van der Waals surface area contributed by atoms with E-state index < -0.39 is 5.56 Å². The van der Waals surface area contributed by atoms with E-state index in [9.17, 15) is 9.59 Å². The first kappa shape index (κ1) is 13.0.